The van der Waals surface area contributed by atoms with E-state index in [1.807, 2.05) is 48.1 Å². The van der Waals surface area contributed by atoms with Gasteiger partial charge in [0, 0.05) is 30.7 Å². The van der Waals surface area contributed by atoms with E-state index in [1.165, 1.54) is 31.4 Å². The minimum atomic E-state index is -0.462. The molecule has 0 aliphatic carbocycles. The number of carbonyl (C=O) groups is 2. The van der Waals surface area contributed by atoms with Crippen LogP contribution in [0.25, 0.3) is 0 Å². The molecule has 0 fully saturated rings. The first-order valence-electron chi connectivity index (χ1n) is 11.1. The highest BCUT2D eigenvalue weighted by molar-refractivity contribution is 5.95. The van der Waals surface area contributed by atoms with Crippen LogP contribution in [0, 0.1) is 5.82 Å². The Balaban J connectivity index is 1.45. The van der Waals surface area contributed by atoms with Gasteiger partial charge in [-0.15, -0.1) is 0 Å². The molecule has 0 radical (unpaired) electrons. The fraction of sp³-hybridized carbons (Fsp3) is 0.148. The Labute approximate surface area is 207 Å². The number of hydrogen-bond donors (Lipinski definition) is 2. The lowest BCUT2D eigenvalue weighted by Crippen LogP contribution is -2.31. The Bertz CT molecular complexity index is 1340. The Kier molecular flexibility index (Phi) is 7.60. The predicted octanol–water partition coefficient (Wildman–Crippen LogP) is 4.10. The Hall–Kier alpha value is -4.66. The van der Waals surface area contributed by atoms with Gasteiger partial charge in [-0.05, 0) is 48.0 Å². The van der Waals surface area contributed by atoms with Crippen LogP contribution in [0.2, 0.25) is 0 Å². The lowest BCUT2D eigenvalue weighted by atomic mass is 10.1. The molecule has 4 rings (SSSR count). The summed E-state index contributed by atoms with van der Waals surface area (Å²) in [4.78, 5) is 29.8. The first kappa shape index (κ1) is 24.5. The molecule has 0 spiro atoms. The zero-order valence-electron chi connectivity index (χ0n) is 19.8. The third-order valence-corrected chi connectivity index (χ3v) is 5.44. The maximum atomic E-state index is 13.2. The molecule has 1 heterocycles. The molecule has 0 saturated heterocycles. The molecular formula is C27H25FN4O4. The van der Waals surface area contributed by atoms with Crippen LogP contribution < -0.4 is 20.1 Å². The predicted molar refractivity (Wildman–Crippen MR) is 132 cm³/mol. The van der Waals surface area contributed by atoms with Crippen molar-refractivity contribution in [1.82, 2.24) is 14.9 Å². The standard InChI is InChI=1S/C27H25FN4O4/c1-32-15-14-29-26(32)25(18-6-4-3-5-7-18)31-27(34)19-8-13-22(23(16-19)35-2)36-17-24(33)30-21-11-9-20(28)10-12-21/h3-16,25H,17H2,1-2H3,(H,30,33)(H,31,34)/t25-/m0/s1. The number of nitrogens with one attached hydrogen (secondary N) is 2. The number of hydrogen-bond acceptors (Lipinski definition) is 5. The lowest BCUT2D eigenvalue weighted by Gasteiger charge is -2.19. The van der Waals surface area contributed by atoms with E-state index >= 15 is 0 Å². The largest absolute Gasteiger partial charge is 0.493 e. The molecule has 0 aliphatic heterocycles. The molecule has 3 aromatic carbocycles. The van der Waals surface area contributed by atoms with Crippen molar-refractivity contribution in [3.8, 4) is 11.5 Å². The van der Waals surface area contributed by atoms with E-state index in [-0.39, 0.29) is 12.5 Å². The second-order valence-electron chi connectivity index (χ2n) is 7.92. The number of anilines is 1. The van der Waals surface area contributed by atoms with E-state index in [2.05, 4.69) is 15.6 Å². The van der Waals surface area contributed by atoms with Crippen LogP contribution in [0.15, 0.2) is 85.2 Å². The summed E-state index contributed by atoms with van der Waals surface area (Å²) >= 11 is 0. The molecule has 0 aliphatic rings. The van der Waals surface area contributed by atoms with E-state index in [0.29, 0.717) is 28.6 Å². The molecule has 1 atom stereocenters. The summed E-state index contributed by atoms with van der Waals surface area (Å²) < 4.78 is 25.9. The minimum absolute atomic E-state index is 0.297. The van der Waals surface area contributed by atoms with Crippen molar-refractivity contribution < 1.29 is 23.5 Å². The molecule has 8 nitrogen and oxygen atoms in total. The molecule has 4 aromatic rings. The van der Waals surface area contributed by atoms with Crippen LogP contribution in [0.3, 0.4) is 0 Å². The van der Waals surface area contributed by atoms with Gasteiger partial charge < -0.3 is 24.7 Å². The molecule has 0 bridgehead atoms. The van der Waals surface area contributed by atoms with E-state index in [9.17, 15) is 14.0 Å². The van der Waals surface area contributed by atoms with E-state index in [1.54, 1.807) is 24.4 Å². The molecule has 184 valence electrons. The van der Waals surface area contributed by atoms with Gasteiger partial charge in [-0.25, -0.2) is 9.37 Å². The zero-order valence-corrected chi connectivity index (χ0v) is 19.8. The van der Waals surface area contributed by atoms with Gasteiger partial charge in [-0.3, -0.25) is 9.59 Å². The highest BCUT2D eigenvalue weighted by atomic mass is 19.1. The van der Waals surface area contributed by atoms with Gasteiger partial charge >= 0.3 is 0 Å². The van der Waals surface area contributed by atoms with E-state index in [4.69, 9.17) is 9.47 Å². The van der Waals surface area contributed by atoms with Gasteiger partial charge in [0.25, 0.3) is 11.8 Å². The summed E-state index contributed by atoms with van der Waals surface area (Å²) in [5.74, 6) is 0.135. The zero-order chi connectivity index (χ0) is 25.5. The first-order chi connectivity index (χ1) is 17.4. The number of benzene rings is 3. The van der Waals surface area contributed by atoms with Gasteiger partial charge in [0.05, 0.1) is 7.11 Å². The van der Waals surface area contributed by atoms with Crippen LogP contribution in [0.4, 0.5) is 10.1 Å². The maximum Gasteiger partial charge on any atom is 0.262 e. The maximum absolute atomic E-state index is 13.2. The van der Waals surface area contributed by atoms with Gasteiger partial charge in [-0.2, -0.15) is 0 Å². The monoisotopic (exact) mass is 488 g/mol. The SMILES string of the molecule is COc1cc(C(=O)N[C@@H](c2ccccc2)c2nccn2C)ccc1OCC(=O)Nc1ccc(F)cc1. The second-order valence-corrected chi connectivity index (χ2v) is 7.92. The second kappa shape index (κ2) is 11.2. The highest BCUT2D eigenvalue weighted by Gasteiger charge is 2.22. The van der Waals surface area contributed by atoms with Crippen LogP contribution in [0.1, 0.15) is 27.8 Å². The molecule has 2 N–H and O–H groups in total. The number of imidazole rings is 1. The molecule has 0 saturated carbocycles. The van der Waals surface area contributed by atoms with Crippen molar-refractivity contribution in [3.05, 3.63) is 108 Å². The van der Waals surface area contributed by atoms with Crippen LogP contribution >= 0.6 is 0 Å². The number of amides is 2. The topological polar surface area (TPSA) is 94.5 Å². The molecule has 1 aromatic heterocycles. The summed E-state index contributed by atoms with van der Waals surface area (Å²) in [6.07, 6.45) is 3.50. The average Bonchev–Trinajstić information content (AvgIpc) is 3.33. The number of carbonyl (C=O) groups excluding carboxylic acids is 2. The summed E-state index contributed by atoms with van der Waals surface area (Å²) in [6.45, 7) is -0.297. The van der Waals surface area contributed by atoms with Crippen LogP contribution in [0.5, 0.6) is 11.5 Å². The Morgan fingerprint density at radius 2 is 1.78 bits per heavy atom. The fourth-order valence-electron chi connectivity index (χ4n) is 3.61. The molecule has 9 heteroatoms. The number of nitrogens with zero attached hydrogens (tertiary/aromatic N) is 2. The summed E-state index contributed by atoms with van der Waals surface area (Å²) in [7, 11) is 3.31. The molecule has 36 heavy (non-hydrogen) atoms. The first-order valence-corrected chi connectivity index (χ1v) is 11.1. The number of aryl methyl sites for hydroxylation is 1. The van der Waals surface area contributed by atoms with Gasteiger partial charge in [0.1, 0.15) is 17.7 Å². The van der Waals surface area contributed by atoms with Crippen molar-refractivity contribution in [2.45, 2.75) is 6.04 Å². The van der Waals surface area contributed by atoms with Crippen molar-refractivity contribution in [2.24, 2.45) is 7.05 Å². The number of methoxy groups -OCH3 is 1. The Morgan fingerprint density at radius 1 is 1.03 bits per heavy atom. The van der Waals surface area contributed by atoms with Crippen molar-refractivity contribution >= 4 is 17.5 Å². The quantitative estimate of drug-likeness (QED) is 0.370. The van der Waals surface area contributed by atoms with Crippen LogP contribution in [-0.2, 0) is 11.8 Å². The molecule has 0 unspecified atom stereocenters. The number of halogens is 1. The average molecular weight is 489 g/mol. The third-order valence-electron chi connectivity index (χ3n) is 5.44. The highest BCUT2D eigenvalue weighted by Crippen LogP contribution is 2.29. The molecular weight excluding hydrogens is 463 g/mol. The normalized spacial score (nSPS) is 11.4. The van der Waals surface area contributed by atoms with Gasteiger partial charge in [0.15, 0.2) is 18.1 Å². The minimum Gasteiger partial charge on any atom is -0.493 e. The van der Waals surface area contributed by atoms with Crippen LogP contribution in [-0.4, -0.2) is 35.1 Å². The number of rotatable bonds is 9. The summed E-state index contributed by atoms with van der Waals surface area (Å²) in [5, 5.41) is 5.65. The van der Waals surface area contributed by atoms with Crippen molar-refractivity contribution in [2.75, 3.05) is 19.0 Å². The molecule has 2 amide bonds. The smallest absolute Gasteiger partial charge is 0.262 e. The van der Waals surface area contributed by atoms with Gasteiger partial charge in [-0.1, -0.05) is 30.3 Å². The van der Waals surface area contributed by atoms with E-state index < -0.39 is 17.8 Å². The van der Waals surface area contributed by atoms with Gasteiger partial charge in [0.2, 0.25) is 0 Å². The summed E-state index contributed by atoms with van der Waals surface area (Å²) in [6, 6.07) is 19.2. The third kappa shape index (κ3) is 5.87. The Morgan fingerprint density at radius 3 is 2.44 bits per heavy atom. The fourth-order valence-corrected chi connectivity index (χ4v) is 3.61. The lowest BCUT2D eigenvalue weighted by molar-refractivity contribution is -0.118. The number of ether oxygens (including phenoxy) is 2. The van der Waals surface area contributed by atoms with Crippen molar-refractivity contribution in [1.29, 1.82) is 0 Å². The summed E-state index contributed by atoms with van der Waals surface area (Å²) in [5.41, 5.74) is 1.69. The number of aromatic nitrogens is 2. The van der Waals surface area contributed by atoms with Crippen molar-refractivity contribution in [3.63, 3.8) is 0 Å². The van der Waals surface area contributed by atoms with E-state index in [0.717, 1.165) is 5.56 Å².